The van der Waals surface area contributed by atoms with Crippen LogP contribution in [-0.2, 0) is 6.42 Å². The lowest BCUT2D eigenvalue weighted by atomic mass is 9.99. The molecule has 0 aliphatic rings. The van der Waals surface area contributed by atoms with Crippen LogP contribution in [0.2, 0.25) is 0 Å². The Bertz CT molecular complexity index is 551. The number of rotatable bonds is 7. The van der Waals surface area contributed by atoms with E-state index in [1.165, 1.54) is 11.1 Å². The van der Waals surface area contributed by atoms with Crippen molar-refractivity contribution in [2.75, 3.05) is 13.7 Å². The molecule has 1 atom stereocenters. The number of hydrogen-bond donors (Lipinski definition) is 1. The van der Waals surface area contributed by atoms with Crippen molar-refractivity contribution < 1.29 is 4.74 Å². The van der Waals surface area contributed by atoms with Crippen molar-refractivity contribution in [3.63, 3.8) is 0 Å². The minimum Gasteiger partial charge on any atom is -0.481 e. The first-order valence-electron chi connectivity index (χ1n) is 7.52. The highest BCUT2D eigenvalue weighted by molar-refractivity contribution is 5.31. The molecule has 0 saturated carbocycles. The van der Waals surface area contributed by atoms with Crippen LogP contribution < -0.4 is 10.1 Å². The second-order valence-electron chi connectivity index (χ2n) is 5.30. The van der Waals surface area contributed by atoms with Gasteiger partial charge in [0, 0.05) is 17.8 Å². The molecule has 0 aliphatic carbocycles. The van der Waals surface area contributed by atoms with E-state index in [1.54, 1.807) is 13.3 Å². The maximum Gasteiger partial charge on any atom is 0.217 e. The monoisotopic (exact) mass is 284 g/mol. The molecule has 1 heterocycles. The molecule has 21 heavy (non-hydrogen) atoms. The standard InChI is InChI=1S/C18H24N2O/c1-4-11-19-17(13-15-9-7-14(2)8-10-15)16-6-5-12-20-18(16)21-3/h5-10,12,17,19H,4,11,13H2,1-3H3. The topological polar surface area (TPSA) is 34.2 Å². The van der Waals surface area contributed by atoms with Gasteiger partial charge in [-0.2, -0.15) is 0 Å². The van der Waals surface area contributed by atoms with Gasteiger partial charge in [0.15, 0.2) is 0 Å². The number of ether oxygens (including phenoxy) is 1. The Morgan fingerprint density at radius 1 is 1.19 bits per heavy atom. The zero-order valence-corrected chi connectivity index (χ0v) is 13.1. The molecule has 0 bridgehead atoms. The Kier molecular flexibility index (Phi) is 5.76. The average molecular weight is 284 g/mol. The summed E-state index contributed by atoms with van der Waals surface area (Å²) in [6, 6.07) is 13.0. The highest BCUT2D eigenvalue weighted by Crippen LogP contribution is 2.25. The molecule has 1 aromatic carbocycles. The van der Waals surface area contributed by atoms with Crippen molar-refractivity contribution in [3.05, 3.63) is 59.3 Å². The van der Waals surface area contributed by atoms with Gasteiger partial charge in [0.2, 0.25) is 5.88 Å². The minimum atomic E-state index is 0.219. The van der Waals surface area contributed by atoms with E-state index in [0.717, 1.165) is 24.9 Å². The predicted molar refractivity (Wildman–Crippen MR) is 86.7 cm³/mol. The fourth-order valence-corrected chi connectivity index (χ4v) is 2.41. The summed E-state index contributed by atoms with van der Waals surface area (Å²) in [4.78, 5) is 4.32. The molecule has 0 radical (unpaired) electrons. The lowest BCUT2D eigenvalue weighted by Gasteiger charge is -2.20. The number of nitrogens with one attached hydrogen (secondary N) is 1. The van der Waals surface area contributed by atoms with Crippen LogP contribution in [-0.4, -0.2) is 18.6 Å². The minimum absolute atomic E-state index is 0.219. The second-order valence-corrected chi connectivity index (χ2v) is 5.30. The van der Waals surface area contributed by atoms with Crippen LogP contribution in [0, 0.1) is 6.92 Å². The van der Waals surface area contributed by atoms with Gasteiger partial charge >= 0.3 is 0 Å². The van der Waals surface area contributed by atoms with Gasteiger partial charge in [-0.3, -0.25) is 0 Å². The van der Waals surface area contributed by atoms with E-state index in [0.29, 0.717) is 5.88 Å². The van der Waals surface area contributed by atoms with Gasteiger partial charge in [-0.15, -0.1) is 0 Å². The van der Waals surface area contributed by atoms with E-state index >= 15 is 0 Å². The van der Waals surface area contributed by atoms with E-state index in [-0.39, 0.29) is 6.04 Å². The number of methoxy groups -OCH3 is 1. The number of aromatic nitrogens is 1. The quantitative estimate of drug-likeness (QED) is 0.842. The zero-order chi connectivity index (χ0) is 15.1. The predicted octanol–water partition coefficient (Wildman–Crippen LogP) is 3.68. The first kappa shape index (κ1) is 15.5. The summed E-state index contributed by atoms with van der Waals surface area (Å²) in [5, 5.41) is 3.60. The van der Waals surface area contributed by atoms with Crippen molar-refractivity contribution in [2.24, 2.45) is 0 Å². The molecule has 0 aliphatic heterocycles. The largest absolute Gasteiger partial charge is 0.481 e. The molecule has 0 spiro atoms. The molecular weight excluding hydrogens is 260 g/mol. The molecule has 1 N–H and O–H groups in total. The highest BCUT2D eigenvalue weighted by Gasteiger charge is 2.16. The maximum absolute atomic E-state index is 5.41. The van der Waals surface area contributed by atoms with Crippen LogP contribution in [0.1, 0.15) is 36.1 Å². The molecule has 1 aromatic heterocycles. The Hall–Kier alpha value is -1.87. The molecule has 3 nitrogen and oxygen atoms in total. The van der Waals surface area contributed by atoms with Crippen molar-refractivity contribution in [2.45, 2.75) is 32.7 Å². The summed E-state index contributed by atoms with van der Waals surface area (Å²) >= 11 is 0. The van der Waals surface area contributed by atoms with Crippen LogP contribution in [0.5, 0.6) is 5.88 Å². The number of hydrogen-bond acceptors (Lipinski definition) is 3. The van der Waals surface area contributed by atoms with Gasteiger partial charge < -0.3 is 10.1 Å². The molecule has 3 heteroatoms. The van der Waals surface area contributed by atoms with E-state index in [9.17, 15) is 0 Å². The molecule has 112 valence electrons. The number of aryl methyl sites for hydroxylation is 1. The Morgan fingerprint density at radius 3 is 2.62 bits per heavy atom. The van der Waals surface area contributed by atoms with Crippen LogP contribution in [0.15, 0.2) is 42.6 Å². The van der Waals surface area contributed by atoms with Crippen molar-refractivity contribution in [3.8, 4) is 5.88 Å². The third kappa shape index (κ3) is 4.30. The summed E-state index contributed by atoms with van der Waals surface area (Å²) in [7, 11) is 1.68. The van der Waals surface area contributed by atoms with E-state index in [4.69, 9.17) is 4.74 Å². The fourth-order valence-electron chi connectivity index (χ4n) is 2.41. The van der Waals surface area contributed by atoms with Gasteiger partial charge in [-0.25, -0.2) is 4.98 Å². The summed E-state index contributed by atoms with van der Waals surface area (Å²) in [6.07, 6.45) is 3.81. The van der Waals surface area contributed by atoms with Crippen molar-refractivity contribution in [1.29, 1.82) is 0 Å². The molecule has 0 fully saturated rings. The summed E-state index contributed by atoms with van der Waals surface area (Å²) in [6.45, 7) is 5.27. The molecule has 0 saturated heterocycles. The van der Waals surface area contributed by atoms with Gasteiger partial charge in [0.1, 0.15) is 0 Å². The molecular formula is C18H24N2O. The summed E-state index contributed by atoms with van der Waals surface area (Å²) < 4.78 is 5.41. The molecule has 0 amide bonds. The zero-order valence-electron chi connectivity index (χ0n) is 13.1. The third-order valence-corrected chi connectivity index (χ3v) is 3.57. The Morgan fingerprint density at radius 2 is 1.95 bits per heavy atom. The maximum atomic E-state index is 5.41. The lowest BCUT2D eigenvalue weighted by Crippen LogP contribution is -2.24. The second kappa shape index (κ2) is 7.79. The third-order valence-electron chi connectivity index (χ3n) is 3.57. The van der Waals surface area contributed by atoms with Crippen LogP contribution in [0.4, 0.5) is 0 Å². The molecule has 1 unspecified atom stereocenters. The normalized spacial score (nSPS) is 12.1. The van der Waals surface area contributed by atoms with E-state index in [1.807, 2.05) is 6.07 Å². The highest BCUT2D eigenvalue weighted by atomic mass is 16.5. The Balaban J connectivity index is 2.23. The first-order chi connectivity index (χ1) is 10.2. The van der Waals surface area contributed by atoms with E-state index in [2.05, 4.69) is 54.5 Å². The fraction of sp³-hybridized carbons (Fsp3) is 0.389. The lowest BCUT2D eigenvalue weighted by molar-refractivity contribution is 0.381. The van der Waals surface area contributed by atoms with Gasteiger partial charge in [0.25, 0.3) is 0 Å². The van der Waals surface area contributed by atoms with Crippen molar-refractivity contribution in [1.82, 2.24) is 10.3 Å². The van der Waals surface area contributed by atoms with Gasteiger partial charge in [0.05, 0.1) is 7.11 Å². The smallest absolute Gasteiger partial charge is 0.217 e. The van der Waals surface area contributed by atoms with Gasteiger partial charge in [-0.05, 0) is 37.9 Å². The van der Waals surface area contributed by atoms with Crippen LogP contribution in [0.3, 0.4) is 0 Å². The number of nitrogens with zero attached hydrogens (tertiary/aromatic N) is 1. The molecule has 2 rings (SSSR count). The number of pyridine rings is 1. The molecule has 2 aromatic rings. The average Bonchev–Trinajstić information content (AvgIpc) is 2.53. The van der Waals surface area contributed by atoms with E-state index < -0.39 is 0 Å². The first-order valence-corrected chi connectivity index (χ1v) is 7.52. The van der Waals surface area contributed by atoms with Crippen molar-refractivity contribution >= 4 is 0 Å². The van der Waals surface area contributed by atoms with Crippen LogP contribution >= 0.6 is 0 Å². The van der Waals surface area contributed by atoms with Gasteiger partial charge in [-0.1, -0.05) is 42.8 Å². The summed E-state index contributed by atoms with van der Waals surface area (Å²) in [5.41, 5.74) is 3.73. The summed E-state index contributed by atoms with van der Waals surface area (Å²) in [5.74, 6) is 0.707. The SMILES string of the molecule is CCCNC(Cc1ccc(C)cc1)c1cccnc1OC. The number of benzene rings is 1. The van der Waals surface area contributed by atoms with Crippen LogP contribution in [0.25, 0.3) is 0 Å². The Labute approximate surface area is 127 Å².